The van der Waals surface area contributed by atoms with Crippen molar-refractivity contribution in [3.05, 3.63) is 29.8 Å². The van der Waals surface area contributed by atoms with Crippen molar-refractivity contribution in [1.29, 1.82) is 0 Å². The summed E-state index contributed by atoms with van der Waals surface area (Å²) in [6, 6.07) is 8.14. The number of hydrogen-bond acceptors (Lipinski definition) is 4. The van der Waals surface area contributed by atoms with Crippen molar-refractivity contribution in [3.8, 4) is 10.6 Å². The van der Waals surface area contributed by atoms with Gasteiger partial charge in [0.1, 0.15) is 10.9 Å². The van der Waals surface area contributed by atoms with E-state index in [2.05, 4.69) is 34.6 Å². The van der Waals surface area contributed by atoms with E-state index in [0.29, 0.717) is 5.13 Å². The number of aryl methyl sites for hydroxylation is 1. The highest BCUT2D eigenvalue weighted by atomic mass is 35.5. The van der Waals surface area contributed by atoms with Gasteiger partial charge in [0.05, 0.1) is 0 Å². The lowest BCUT2D eigenvalue weighted by atomic mass is 10.1. The molecule has 0 bridgehead atoms. The minimum atomic E-state index is -0.277. The second-order valence-corrected chi connectivity index (χ2v) is 4.89. The van der Waals surface area contributed by atoms with Crippen LogP contribution in [0.1, 0.15) is 12.5 Å². The second kappa shape index (κ2) is 5.93. The van der Waals surface area contributed by atoms with Crippen molar-refractivity contribution in [3.63, 3.8) is 0 Å². The Kier molecular flexibility index (Phi) is 4.28. The summed E-state index contributed by atoms with van der Waals surface area (Å²) < 4.78 is 0. The molecule has 0 aliphatic heterocycles. The highest BCUT2D eigenvalue weighted by molar-refractivity contribution is 7.18. The van der Waals surface area contributed by atoms with Gasteiger partial charge in [0.25, 0.3) is 0 Å². The van der Waals surface area contributed by atoms with Crippen LogP contribution in [-0.4, -0.2) is 22.0 Å². The maximum absolute atomic E-state index is 11.1. The van der Waals surface area contributed by atoms with Crippen LogP contribution in [0.25, 0.3) is 10.6 Å². The Morgan fingerprint density at radius 2 is 2.06 bits per heavy atom. The van der Waals surface area contributed by atoms with Gasteiger partial charge in [0.2, 0.25) is 11.0 Å². The molecule has 2 rings (SSSR count). The molecule has 6 heteroatoms. The molecule has 0 fully saturated rings. The summed E-state index contributed by atoms with van der Waals surface area (Å²) in [6.45, 7) is 2.11. The van der Waals surface area contributed by atoms with Crippen LogP contribution < -0.4 is 5.32 Å². The quantitative estimate of drug-likeness (QED) is 0.877. The third-order valence-corrected chi connectivity index (χ3v) is 3.53. The molecule has 1 amide bonds. The van der Waals surface area contributed by atoms with E-state index in [9.17, 15) is 4.79 Å². The molecule has 1 aromatic carbocycles. The molecule has 0 atom stereocenters. The van der Waals surface area contributed by atoms with Crippen molar-refractivity contribution < 1.29 is 4.79 Å². The van der Waals surface area contributed by atoms with Gasteiger partial charge in [-0.2, -0.15) is 0 Å². The lowest BCUT2D eigenvalue weighted by Gasteiger charge is -1.98. The first-order chi connectivity index (χ1) is 8.72. The predicted molar refractivity (Wildman–Crippen MR) is 74.1 cm³/mol. The Morgan fingerprint density at radius 3 is 2.67 bits per heavy atom. The number of benzene rings is 1. The molecule has 0 aliphatic rings. The topological polar surface area (TPSA) is 54.9 Å². The van der Waals surface area contributed by atoms with Crippen LogP contribution in [0.15, 0.2) is 24.3 Å². The van der Waals surface area contributed by atoms with E-state index in [0.717, 1.165) is 17.0 Å². The van der Waals surface area contributed by atoms with E-state index in [4.69, 9.17) is 11.6 Å². The fraction of sp³-hybridized carbons (Fsp3) is 0.250. The van der Waals surface area contributed by atoms with Crippen LogP contribution in [0.5, 0.6) is 0 Å². The number of amides is 1. The molecule has 0 spiro atoms. The molecule has 0 unspecified atom stereocenters. The molecular weight excluding hydrogens is 270 g/mol. The summed E-state index contributed by atoms with van der Waals surface area (Å²) >= 11 is 6.73. The smallest absolute Gasteiger partial charge is 0.241 e. The highest BCUT2D eigenvalue weighted by Gasteiger charge is 2.08. The normalized spacial score (nSPS) is 10.3. The molecule has 1 heterocycles. The first-order valence-electron chi connectivity index (χ1n) is 5.51. The zero-order valence-electron chi connectivity index (χ0n) is 9.81. The number of rotatable bonds is 4. The zero-order chi connectivity index (χ0) is 13.0. The Hall–Kier alpha value is -1.46. The molecule has 1 aromatic heterocycles. The van der Waals surface area contributed by atoms with Gasteiger partial charge in [-0.05, 0) is 12.0 Å². The third-order valence-electron chi connectivity index (χ3n) is 2.40. The third kappa shape index (κ3) is 3.05. The number of nitrogens with one attached hydrogen (secondary N) is 1. The monoisotopic (exact) mass is 281 g/mol. The average Bonchev–Trinajstić information content (AvgIpc) is 2.87. The molecule has 18 heavy (non-hydrogen) atoms. The molecule has 1 N–H and O–H groups in total. The van der Waals surface area contributed by atoms with Crippen molar-refractivity contribution >= 4 is 34.0 Å². The predicted octanol–water partition coefficient (Wildman–Crippen LogP) is 2.94. The van der Waals surface area contributed by atoms with E-state index in [-0.39, 0.29) is 11.8 Å². The fourth-order valence-corrected chi connectivity index (χ4v) is 2.26. The lowest BCUT2D eigenvalue weighted by molar-refractivity contribution is -0.113. The van der Waals surface area contributed by atoms with E-state index in [1.54, 1.807) is 0 Å². The Labute approximate surface area is 114 Å². The summed E-state index contributed by atoms with van der Waals surface area (Å²) in [7, 11) is 0. The van der Waals surface area contributed by atoms with E-state index >= 15 is 0 Å². The van der Waals surface area contributed by atoms with Gasteiger partial charge in [-0.25, -0.2) is 0 Å². The van der Waals surface area contributed by atoms with Crippen LogP contribution in [0, 0.1) is 0 Å². The van der Waals surface area contributed by atoms with Crippen molar-refractivity contribution in [2.75, 3.05) is 11.2 Å². The first-order valence-corrected chi connectivity index (χ1v) is 6.86. The number of aromatic nitrogens is 2. The maximum atomic E-state index is 11.1. The number of carbonyl (C=O) groups excluding carboxylic acids is 1. The molecule has 0 aliphatic carbocycles. The molecule has 0 radical (unpaired) electrons. The summed E-state index contributed by atoms with van der Waals surface area (Å²) in [5.74, 6) is -0.360. The molecular formula is C12H12ClN3OS. The Morgan fingerprint density at radius 1 is 1.33 bits per heavy atom. The van der Waals surface area contributed by atoms with Gasteiger partial charge in [-0.15, -0.1) is 21.8 Å². The second-order valence-electron chi connectivity index (χ2n) is 3.64. The van der Waals surface area contributed by atoms with Crippen molar-refractivity contribution in [2.24, 2.45) is 0 Å². The highest BCUT2D eigenvalue weighted by Crippen LogP contribution is 2.26. The van der Waals surface area contributed by atoms with Gasteiger partial charge < -0.3 is 0 Å². The van der Waals surface area contributed by atoms with Gasteiger partial charge in [-0.1, -0.05) is 42.5 Å². The van der Waals surface area contributed by atoms with E-state index < -0.39 is 0 Å². The number of alkyl halides is 1. The number of nitrogens with zero attached hydrogens (tertiary/aromatic N) is 2. The molecule has 4 nitrogen and oxygen atoms in total. The maximum Gasteiger partial charge on any atom is 0.241 e. The minimum Gasteiger partial charge on any atom is -0.299 e. The van der Waals surface area contributed by atoms with E-state index in [1.165, 1.54) is 16.9 Å². The van der Waals surface area contributed by atoms with Crippen molar-refractivity contribution in [2.45, 2.75) is 13.3 Å². The van der Waals surface area contributed by atoms with Gasteiger partial charge >= 0.3 is 0 Å². The Balaban J connectivity index is 2.15. The molecule has 94 valence electrons. The average molecular weight is 282 g/mol. The SMILES string of the molecule is CCc1ccc(-c2nnc(NC(=O)CCl)s2)cc1. The van der Waals surface area contributed by atoms with E-state index in [1.807, 2.05) is 12.1 Å². The number of hydrogen-bond donors (Lipinski definition) is 1. The largest absolute Gasteiger partial charge is 0.299 e. The molecule has 2 aromatic rings. The van der Waals surface area contributed by atoms with Crippen molar-refractivity contribution in [1.82, 2.24) is 10.2 Å². The minimum absolute atomic E-state index is 0.0832. The number of anilines is 1. The lowest BCUT2D eigenvalue weighted by Crippen LogP contribution is -2.12. The fourth-order valence-electron chi connectivity index (χ4n) is 1.43. The first kappa shape index (κ1) is 13.0. The van der Waals surface area contributed by atoms with Crippen LogP contribution in [-0.2, 0) is 11.2 Å². The van der Waals surface area contributed by atoms with Crippen LogP contribution in [0.2, 0.25) is 0 Å². The van der Waals surface area contributed by atoms with Gasteiger partial charge in [0, 0.05) is 5.56 Å². The number of halogens is 1. The zero-order valence-corrected chi connectivity index (χ0v) is 11.4. The van der Waals surface area contributed by atoms with Gasteiger partial charge in [-0.3, -0.25) is 10.1 Å². The van der Waals surface area contributed by atoms with Crippen LogP contribution in [0.4, 0.5) is 5.13 Å². The Bertz CT molecular complexity index is 539. The molecule has 0 saturated heterocycles. The van der Waals surface area contributed by atoms with Gasteiger partial charge in [0.15, 0.2) is 0 Å². The summed E-state index contributed by atoms with van der Waals surface area (Å²) in [4.78, 5) is 11.1. The summed E-state index contributed by atoms with van der Waals surface area (Å²) in [5.41, 5.74) is 2.27. The number of carbonyl (C=O) groups is 1. The summed E-state index contributed by atoms with van der Waals surface area (Å²) in [6.07, 6.45) is 1.01. The standard InChI is InChI=1S/C12H12ClN3OS/c1-2-8-3-5-9(6-4-8)11-15-16-12(18-11)14-10(17)7-13/h3-6H,2,7H2,1H3,(H,14,16,17). The van der Waals surface area contributed by atoms with Crippen LogP contribution >= 0.6 is 22.9 Å². The molecule has 0 saturated carbocycles. The van der Waals surface area contributed by atoms with Crippen LogP contribution in [0.3, 0.4) is 0 Å². The summed E-state index contributed by atoms with van der Waals surface area (Å²) in [5, 5.41) is 11.8.